The summed E-state index contributed by atoms with van der Waals surface area (Å²) in [5, 5.41) is 8.64. The number of methoxy groups -OCH3 is 1. The lowest BCUT2D eigenvalue weighted by atomic mass is 10.0. The summed E-state index contributed by atoms with van der Waals surface area (Å²) in [7, 11) is 3.25. The quantitative estimate of drug-likeness (QED) is 0.700. The average molecular weight is 216 g/mol. The Hall–Kier alpha value is -1.30. The highest BCUT2D eigenvalue weighted by atomic mass is 16.5. The fourth-order valence-electron chi connectivity index (χ4n) is 1.36. The minimum atomic E-state index is -0.835. The van der Waals surface area contributed by atoms with Gasteiger partial charge in [-0.3, -0.25) is 4.79 Å². The lowest BCUT2D eigenvalue weighted by Gasteiger charge is -2.38. The number of carbonyl (C=O) groups is 2. The second-order valence-electron chi connectivity index (χ2n) is 3.64. The monoisotopic (exact) mass is 216 g/mol. The van der Waals surface area contributed by atoms with Gasteiger partial charge in [-0.1, -0.05) is 0 Å². The molecule has 0 unspecified atom stereocenters. The molecule has 0 saturated carbocycles. The summed E-state index contributed by atoms with van der Waals surface area (Å²) in [5.74, 6) is -1.23. The second-order valence-corrected chi connectivity index (χ2v) is 3.64. The maximum Gasteiger partial charge on any atom is 0.319 e. The minimum absolute atomic E-state index is 0.135. The highest BCUT2D eigenvalue weighted by Crippen LogP contribution is 2.16. The van der Waals surface area contributed by atoms with Gasteiger partial charge >= 0.3 is 12.0 Å². The standard InChI is InChI=1S/C9H16N2O4/c1-10(3-4-15-2)9(14)11-5-7(6-11)8(12)13/h7H,3-6H2,1-2H3,(H,12,13). The van der Waals surface area contributed by atoms with Crippen LogP contribution in [0.3, 0.4) is 0 Å². The third kappa shape index (κ3) is 2.82. The Labute approximate surface area is 88.4 Å². The van der Waals surface area contributed by atoms with Gasteiger partial charge in [0, 0.05) is 33.8 Å². The van der Waals surface area contributed by atoms with Gasteiger partial charge < -0.3 is 19.6 Å². The van der Waals surface area contributed by atoms with E-state index >= 15 is 0 Å². The van der Waals surface area contributed by atoms with Crippen molar-refractivity contribution in [3.8, 4) is 0 Å². The van der Waals surface area contributed by atoms with Crippen molar-refractivity contribution in [3.05, 3.63) is 0 Å². The predicted octanol–water partition coefficient (Wildman–Crippen LogP) is -0.299. The number of likely N-dealkylation sites (tertiary alicyclic amines) is 1. The number of ether oxygens (including phenoxy) is 1. The molecule has 2 amide bonds. The number of likely N-dealkylation sites (N-methyl/N-ethyl adjacent to an activating group) is 1. The number of carbonyl (C=O) groups excluding carboxylic acids is 1. The van der Waals surface area contributed by atoms with E-state index in [1.54, 1.807) is 14.2 Å². The van der Waals surface area contributed by atoms with E-state index in [1.165, 1.54) is 9.80 Å². The molecule has 1 heterocycles. The van der Waals surface area contributed by atoms with Crippen LogP contribution in [0, 0.1) is 5.92 Å². The maximum absolute atomic E-state index is 11.6. The van der Waals surface area contributed by atoms with Crippen molar-refractivity contribution in [2.24, 2.45) is 5.92 Å². The molecule has 1 fully saturated rings. The van der Waals surface area contributed by atoms with Gasteiger partial charge in [-0.25, -0.2) is 4.79 Å². The molecule has 1 saturated heterocycles. The van der Waals surface area contributed by atoms with Crippen molar-refractivity contribution in [2.45, 2.75) is 0 Å². The highest BCUT2D eigenvalue weighted by molar-refractivity contribution is 5.79. The van der Waals surface area contributed by atoms with Gasteiger partial charge in [0.25, 0.3) is 0 Å². The first-order valence-corrected chi connectivity index (χ1v) is 4.78. The fourth-order valence-corrected chi connectivity index (χ4v) is 1.36. The third-order valence-electron chi connectivity index (χ3n) is 2.46. The molecule has 1 rings (SSSR count). The van der Waals surface area contributed by atoms with Crippen molar-refractivity contribution < 1.29 is 19.4 Å². The zero-order valence-corrected chi connectivity index (χ0v) is 8.97. The van der Waals surface area contributed by atoms with Gasteiger partial charge in [-0.2, -0.15) is 0 Å². The van der Waals surface area contributed by atoms with Crippen molar-refractivity contribution >= 4 is 12.0 Å². The molecule has 1 aliphatic heterocycles. The summed E-state index contributed by atoms with van der Waals surface area (Å²) in [6, 6.07) is -0.135. The molecule has 15 heavy (non-hydrogen) atoms. The average Bonchev–Trinajstić information content (AvgIpc) is 2.10. The number of carboxylic acid groups (broad SMARTS) is 1. The molecular weight excluding hydrogens is 200 g/mol. The summed E-state index contributed by atoms with van der Waals surface area (Å²) in [5.41, 5.74) is 0. The number of rotatable bonds is 4. The van der Waals surface area contributed by atoms with Crippen LogP contribution in [0.1, 0.15) is 0 Å². The first kappa shape index (κ1) is 11.8. The Bertz CT molecular complexity index is 250. The van der Waals surface area contributed by atoms with E-state index in [4.69, 9.17) is 9.84 Å². The van der Waals surface area contributed by atoms with E-state index < -0.39 is 11.9 Å². The molecule has 1 aliphatic rings. The number of carboxylic acids is 1. The fraction of sp³-hybridized carbons (Fsp3) is 0.778. The Morgan fingerprint density at radius 3 is 2.60 bits per heavy atom. The predicted molar refractivity (Wildman–Crippen MR) is 52.6 cm³/mol. The third-order valence-corrected chi connectivity index (χ3v) is 2.46. The first-order chi connectivity index (χ1) is 7.06. The maximum atomic E-state index is 11.6. The molecule has 6 nitrogen and oxygen atoms in total. The Kier molecular flexibility index (Phi) is 3.90. The van der Waals surface area contributed by atoms with Crippen LogP contribution < -0.4 is 0 Å². The van der Waals surface area contributed by atoms with E-state index in [0.29, 0.717) is 26.2 Å². The van der Waals surface area contributed by atoms with Gasteiger partial charge in [0.05, 0.1) is 12.5 Å². The van der Waals surface area contributed by atoms with Crippen LogP contribution in [0.2, 0.25) is 0 Å². The van der Waals surface area contributed by atoms with Crippen LogP contribution in [-0.4, -0.2) is 67.3 Å². The number of nitrogens with zero attached hydrogens (tertiary/aromatic N) is 2. The summed E-state index contributed by atoms with van der Waals surface area (Å²) in [6.07, 6.45) is 0. The zero-order chi connectivity index (χ0) is 11.4. The highest BCUT2D eigenvalue weighted by Gasteiger charge is 2.36. The van der Waals surface area contributed by atoms with Gasteiger partial charge in [0.1, 0.15) is 0 Å². The SMILES string of the molecule is COCCN(C)C(=O)N1CC(C(=O)O)C1. The number of hydrogen-bond acceptors (Lipinski definition) is 3. The molecule has 0 atom stereocenters. The summed E-state index contributed by atoms with van der Waals surface area (Å²) >= 11 is 0. The van der Waals surface area contributed by atoms with Crippen LogP contribution in [0.15, 0.2) is 0 Å². The van der Waals surface area contributed by atoms with Gasteiger partial charge in [-0.15, -0.1) is 0 Å². The Balaban J connectivity index is 2.28. The summed E-state index contributed by atoms with van der Waals surface area (Å²) in [6.45, 7) is 1.62. The second kappa shape index (κ2) is 4.97. The largest absolute Gasteiger partial charge is 0.481 e. The molecular formula is C9H16N2O4. The molecule has 6 heteroatoms. The number of urea groups is 1. The summed E-state index contributed by atoms with van der Waals surface area (Å²) in [4.78, 5) is 25.2. The first-order valence-electron chi connectivity index (χ1n) is 4.78. The molecule has 0 aromatic heterocycles. The molecule has 1 N–H and O–H groups in total. The van der Waals surface area contributed by atoms with Gasteiger partial charge in [0.15, 0.2) is 0 Å². The number of amides is 2. The molecule has 0 radical (unpaired) electrons. The Morgan fingerprint density at radius 1 is 1.53 bits per heavy atom. The smallest absolute Gasteiger partial charge is 0.319 e. The molecule has 0 aliphatic carbocycles. The van der Waals surface area contributed by atoms with E-state index in [1.807, 2.05) is 0 Å². The van der Waals surface area contributed by atoms with Crippen LogP contribution in [0.4, 0.5) is 4.79 Å². The minimum Gasteiger partial charge on any atom is -0.481 e. The van der Waals surface area contributed by atoms with E-state index in [9.17, 15) is 9.59 Å². The topological polar surface area (TPSA) is 70.1 Å². The van der Waals surface area contributed by atoms with Gasteiger partial charge in [0.2, 0.25) is 0 Å². The lowest BCUT2D eigenvalue weighted by Crippen LogP contribution is -2.56. The summed E-state index contributed by atoms with van der Waals surface area (Å²) < 4.78 is 4.85. The molecule has 0 aromatic rings. The molecule has 0 aromatic carbocycles. The van der Waals surface area contributed by atoms with Crippen molar-refractivity contribution in [1.82, 2.24) is 9.80 Å². The molecule has 0 bridgehead atoms. The van der Waals surface area contributed by atoms with Gasteiger partial charge in [-0.05, 0) is 0 Å². The lowest BCUT2D eigenvalue weighted by molar-refractivity contribution is -0.146. The normalized spacial score (nSPS) is 16.0. The van der Waals surface area contributed by atoms with E-state index in [2.05, 4.69) is 0 Å². The molecule has 0 spiro atoms. The number of aliphatic carboxylic acids is 1. The van der Waals surface area contributed by atoms with Crippen LogP contribution in [0.25, 0.3) is 0 Å². The zero-order valence-electron chi connectivity index (χ0n) is 8.97. The number of hydrogen-bond donors (Lipinski definition) is 1. The Morgan fingerprint density at radius 2 is 2.13 bits per heavy atom. The van der Waals surface area contributed by atoms with Crippen LogP contribution in [0.5, 0.6) is 0 Å². The van der Waals surface area contributed by atoms with Crippen LogP contribution in [-0.2, 0) is 9.53 Å². The van der Waals surface area contributed by atoms with Crippen molar-refractivity contribution in [2.75, 3.05) is 40.4 Å². The van der Waals surface area contributed by atoms with E-state index in [0.717, 1.165) is 0 Å². The van der Waals surface area contributed by atoms with Crippen molar-refractivity contribution in [1.29, 1.82) is 0 Å². The molecule has 86 valence electrons. The van der Waals surface area contributed by atoms with Crippen molar-refractivity contribution in [3.63, 3.8) is 0 Å². The van der Waals surface area contributed by atoms with Crippen LogP contribution >= 0.6 is 0 Å². The van der Waals surface area contributed by atoms with E-state index in [-0.39, 0.29) is 6.03 Å².